The van der Waals surface area contributed by atoms with E-state index in [2.05, 4.69) is 9.71 Å². The number of carbonyl (C=O) groups is 1. The van der Waals surface area contributed by atoms with E-state index < -0.39 is 20.9 Å². The summed E-state index contributed by atoms with van der Waals surface area (Å²) in [4.78, 5) is 28.4. The fourth-order valence-electron chi connectivity index (χ4n) is 3.42. The number of benzene rings is 3. The molecule has 0 bridgehead atoms. The highest BCUT2D eigenvalue weighted by Gasteiger charge is 2.15. The van der Waals surface area contributed by atoms with Gasteiger partial charge in [0.05, 0.1) is 26.6 Å². The topological polar surface area (TPSA) is 133 Å². The fraction of sp³-hybridized carbons (Fsp3) is 0.167. The van der Waals surface area contributed by atoms with Crippen LogP contribution in [0.4, 0.5) is 11.4 Å². The third-order valence-corrected chi connectivity index (χ3v) is 7.61. The van der Waals surface area contributed by atoms with Gasteiger partial charge in [0.1, 0.15) is 0 Å². The zero-order chi connectivity index (χ0) is 25.7. The fourth-order valence-corrected chi connectivity index (χ4v) is 5.59. The molecule has 0 spiro atoms. The van der Waals surface area contributed by atoms with Crippen molar-refractivity contribution in [2.24, 2.45) is 4.99 Å². The number of amides is 1. The van der Waals surface area contributed by atoms with Gasteiger partial charge in [-0.25, -0.2) is 8.42 Å². The Morgan fingerprint density at radius 3 is 2.50 bits per heavy atom. The molecule has 36 heavy (non-hydrogen) atoms. The molecule has 4 aromatic rings. The zero-order valence-corrected chi connectivity index (χ0v) is 20.8. The molecule has 1 heterocycles. The van der Waals surface area contributed by atoms with Crippen molar-refractivity contribution in [2.45, 2.75) is 18.4 Å². The van der Waals surface area contributed by atoms with E-state index in [4.69, 9.17) is 4.74 Å². The molecule has 3 aromatic carbocycles. The van der Waals surface area contributed by atoms with E-state index in [0.29, 0.717) is 40.5 Å². The average Bonchev–Trinajstić information content (AvgIpc) is 3.21. The number of non-ortho nitro benzene ring substituents is 1. The van der Waals surface area contributed by atoms with E-state index in [9.17, 15) is 23.3 Å². The van der Waals surface area contributed by atoms with Crippen LogP contribution in [-0.4, -0.2) is 37.0 Å². The van der Waals surface area contributed by atoms with Gasteiger partial charge in [0.15, 0.2) is 4.80 Å². The number of ether oxygens (including phenoxy) is 1. The van der Waals surface area contributed by atoms with E-state index in [0.717, 1.165) is 0 Å². The molecule has 4 rings (SSSR count). The lowest BCUT2D eigenvalue weighted by molar-refractivity contribution is -0.384. The molecule has 1 aromatic heterocycles. The molecule has 0 aliphatic heterocycles. The van der Waals surface area contributed by atoms with Crippen LogP contribution in [0.15, 0.2) is 82.7 Å². The van der Waals surface area contributed by atoms with E-state index >= 15 is 0 Å². The van der Waals surface area contributed by atoms with Crippen LogP contribution in [0.5, 0.6) is 0 Å². The number of nitrogens with zero attached hydrogens (tertiary/aromatic N) is 3. The van der Waals surface area contributed by atoms with Crippen molar-refractivity contribution in [1.82, 2.24) is 4.57 Å². The normalized spacial score (nSPS) is 12.1. The molecule has 186 valence electrons. The number of rotatable bonds is 9. The Morgan fingerprint density at radius 2 is 1.83 bits per heavy atom. The van der Waals surface area contributed by atoms with Crippen molar-refractivity contribution < 1.29 is 22.9 Å². The molecule has 0 atom stereocenters. The average molecular weight is 527 g/mol. The number of nitro benzene ring substituents is 1. The summed E-state index contributed by atoms with van der Waals surface area (Å²) in [5.74, 6) is -0.529. The quantitative estimate of drug-likeness (QED) is 0.198. The minimum Gasteiger partial charge on any atom is -0.380 e. The number of hydrogen-bond donors (Lipinski definition) is 1. The maximum atomic E-state index is 12.9. The first-order valence-corrected chi connectivity index (χ1v) is 13.2. The van der Waals surface area contributed by atoms with Crippen molar-refractivity contribution in [1.29, 1.82) is 0 Å². The zero-order valence-electron chi connectivity index (χ0n) is 19.2. The van der Waals surface area contributed by atoms with Gasteiger partial charge >= 0.3 is 0 Å². The van der Waals surface area contributed by atoms with Crippen LogP contribution in [0.2, 0.25) is 0 Å². The number of aromatic nitrogens is 1. The first-order valence-electron chi connectivity index (χ1n) is 10.9. The van der Waals surface area contributed by atoms with Gasteiger partial charge in [-0.05, 0) is 49.4 Å². The molecule has 0 unspecified atom stereocenters. The number of hydrogen-bond acceptors (Lipinski definition) is 7. The number of fused-ring (bicyclic) bond motifs is 1. The number of sulfonamides is 1. The van der Waals surface area contributed by atoms with Crippen molar-refractivity contribution >= 4 is 48.9 Å². The van der Waals surface area contributed by atoms with E-state index in [-0.39, 0.29) is 16.1 Å². The van der Waals surface area contributed by atoms with Gasteiger partial charge in [-0.1, -0.05) is 29.5 Å². The molecule has 1 amide bonds. The van der Waals surface area contributed by atoms with Crippen LogP contribution in [0.25, 0.3) is 10.2 Å². The SMILES string of the molecule is CCOCCn1c(=NC(=O)c2ccc(NS(=O)(=O)c3ccccc3)cc2)sc2cc([N+](=O)[O-])ccc21. The van der Waals surface area contributed by atoms with Gasteiger partial charge in [0, 0.05) is 36.5 Å². The smallest absolute Gasteiger partial charge is 0.279 e. The molecule has 0 aliphatic rings. The highest BCUT2D eigenvalue weighted by molar-refractivity contribution is 7.92. The minimum absolute atomic E-state index is 0.0490. The highest BCUT2D eigenvalue weighted by atomic mass is 32.2. The van der Waals surface area contributed by atoms with Crippen LogP contribution < -0.4 is 9.52 Å². The Hall–Kier alpha value is -3.87. The lowest BCUT2D eigenvalue weighted by Crippen LogP contribution is -2.19. The Bertz CT molecular complexity index is 1580. The first-order chi connectivity index (χ1) is 17.3. The van der Waals surface area contributed by atoms with Crippen molar-refractivity contribution in [3.63, 3.8) is 0 Å². The Labute approximate surface area is 210 Å². The Balaban J connectivity index is 1.62. The minimum atomic E-state index is -3.76. The van der Waals surface area contributed by atoms with E-state index in [1.807, 2.05) is 6.92 Å². The molecule has 12 heteroatoms. The summed E-state index contributed by atoms with van der Waals surface area (Å²) >= 11 is 1.17. The second-order valence-electron chi connectivity index (χ2n) is 7.56. The van der Waals surface area contributed by atoms with Crippen molar-refractivity contribution in [2.75, 3.05) is 17.9 Å². The van der Waals surface area contributed by atoms with Crippen molar-refractivity contribution in [3.05, 3.63) is 93.3 Å². The molecular formula is C24H22N4O6S2. The molecule has 0 aliphatic carbocycles. The third kappa shape index (κ3) is 5.67. The number of thiazole rings is 1. The number of anilines is 1. The van der Waals surface area contributed by atoms with Gasteiger partial charge in [0.25, 0.3) is 21.6 Å². The van der Waals surface area contributed by atoms with Gasteiger partial charge in [-0.15, -0.1) is 0 Å². The Kier molecular flexibility index (Phi) is 7.58. The van der Waals surface area contributed by atoms with Crippen LogP contribution in [0, 0.1) is 10.1 Å². The molecular weight excluding hydrogens is 504 g/mol. The molecule has 10 nitrogen and oxygen atoms in total. The second kappa shape index (κ2) is 10.8. The van der Waals surface area contributed by atoms with Crippen LogP contribution in [0.1, 0.15) is 17.3 Å². The molecule has 0 radical (unpaired) electrons. The summed E-state index contributed by atoms with van der Waals surface area (Å²) in [6.07, 6.45) is 0. The van der Waals surface area contributed by atoms with Crippen LogP contribution >= 0.6 is 11.3 Å². The van der Waals surface area contributed by atoms with Crippen LogP contribution in [-0.2, 0) is 21.3 Å². The van der Waals surface area contributed by atoms with E-state index in [1.54, 1.807) is 28.8 Å². The lowest BCUT2D eigenvalue weighted by atomic mass is 10.2. The number of carbonyl (C=O) groups excluding carboxylic acids is 1. The van der Waals surface area contributed by atoms with E-state index in [1.165, 1.54) is 59.9 Å². The highest BCUT2D eigenvalue weighted by Crippen LogP contribution is 2.23. The Morgan fingerprint density at radius 1 is 1.11 bits per heavy atom. The van der Waals surface area contributed by atoms with Gasteiger partial charge < -0.3 is 9.30 Å². The summed E-state index contributed by atoms with van der Waals surface area (Å²) in [7, 11) is -3.76. The third-order valence-electron chi connectivity index (χ3n) is 5.18. The summed E-state index contributed by atoms with van der Waals surface area (Å²) in [6, 6.07) is 18.4. The van der Waals surface area contributed by atoms with Gasteiger partial charge in [-0.2, -0.15) is 4.99 Å². The molecule has 0 fully saturated rings. The van der Waals surface area contributed by atoms with Gasteiger partial charge in [0.2, 0.25) is 0 Å². The largest absolute Gasteiger partial charge is 0.380 e. The summed E-state index contributed by atoms with van der Waals surface area (Å²) in [6.45, 7) is 3.20. The first kappa shape index (κ1) is 25.2. The predicted molar refractivity (Wildman–Crippen MR) is 137 cm³/mol. The van der Waals surface area contributed by atoms with Crippen molar-refractivity contribution in [3.8, 4) is 0 Å². The number of nitro groups is 1. The molecule has 0 saturated heterocycles. The van der Waals surface area contributed by atoms with Gasteiger partial charge in [-0.3, -0.25) is 19.6 Å². The summed E-state index contributed by atoms with van der Waals surface area (Å²) in [5.41, 5.74) is 1.23. The van der Waals surface area contributed by atoms with Crippen LogP contribution in [0.3, 0.4) is 0 Å². The summed E-state index contributed by atoms with van der Waals surface area (Å²) < 4.78 is 35.4. The monoisotopic (exact) mass is 526 g/mol. The standard InChI is InChI=1S/C24H22N4O6S2/c1-2-34-15-14-27-21-13-12-19(28(30)31)16-22(21)35-24(27)25-23(29)17-8-10-18(11-9-17)26-36(32,33)20-6-4-3-5-7-20/h3-13,16,26H,2,14-15H2,1H3. The second-order valence-corrected chi connectivity index (χ2v) is 10.2. The number of nitrogens with one attached hydrogen (secondary N) is 1. The molecule has 0 saturated carbocycles. The predicted octanol–water partition coefficient (Wildman–Crippen LogP) is 4.19. The summed E-state index contributed by atoms with van der Waals surface area (Å²) in [5, 5.41) is 11.2. The maximum absolute atomic E-state index is 12.9. The lowest BCUT2D eigenvalue weighted by Gasteiger charge is -2.08. The maximum Gasteiger partial charge on any atom is 0.279 e. The molecule has 1 N–H and O–H groups in total.